The number of ether oxygens (including phenoxy) is 2. The molecule has 1 N–H and O–H groups in total. The van der Waals surface area contributed by atoms with Crippen molar-refractivity contribution in [3.8, 4) is 5.75 Å². The highest BCUT2D eigenvalue weighted by Crippen LogP contribution is 2.32. The average Bonchev–Trinajstić information content (AvgIpc) is 2.62. The molecule has 8 nitrogen and oxygen atoms in total. The first kappa shape index (κ1) is 20.1. The lowest BCUT2D eigenvalue weighted by Crippen LogP contribution is -2.22. The molecule has 0 radical (unpaired) electrons. The number of nitro benzene ring substituents is 1. The summed E-state index contributed by atoms with van der Waals surface area (Å²) in [5.41, 5.74) is -0.00478. The van der Waals surface area contributed by atoms with Crippen molar-refractivity contribution in [2.24, 2.45) is 0 Å². The van der Waals surface area contributed by atoms with E-state index < -0.39 is 34.8 Å². The van der Waals surface area contributed by atoms with Gasteiger partial charge in [0.1, 0.15) is 5.82 Å². The molecule has 2 aromatic carbocycles. The Morgan fingerprint density at radius 1 is 1.30 bits per heavy atom. The summed E-state index contributed by atoms with van der Waals surface area (Å²) in [5.74, 6) is -2.65. The second-order valence-electron chi connectivity index (χ2n) is 5.34. The van der Waals surface area contributed by atoms with Crippen molar-refractivity contribution in [3.63, 3.8) is 0 Å². The Hall–Kier alpha value is -3.20. The molecule has 0 aliphatic heterocycles. The van der Waals surface area contributed by atoms with Gasteiger partial charge in [0, 0.05) is 22.8 Å². The summed E-state index contributed by atoms with van der Waals surface area (Å²) < 4.78 is 23.3. The molecule has 0 aliphatic carbocycles. The summed E-state index contributed by atoms with van der Waals surface area (Å²) in [6, 6.07) is 5.88. The zero-order valence-electron chi connectivity index (χ0n) is 14.2. The summed E-state index contributed by atoms with van der Waals surface area (Å²) in [6.07, 6.45) is 0. The molecule has 0 bridgehead atoms. The fraction of sp³-hybridized carbons (Fsp3) is 0.176. The van der Waals surface area contributed by atoms with Crippen molar-refractivity contribution < 1.29 is 28.4 Å². The lowest BCUT2D eigenvalue weighted by molar-refractivity contribution is -0.385. The third kappa shape index (κ3) is 4.91. The maximum Gasteiger partial charge on any atom is 0.341 e. The molecule has 0 saturated carbocycles. The minimum atomic E-state index is -1.05. The van der Waals surface area contributed by atoms with Crippen LogP contribution in [-0.2, 0) is 9.53 Å². The van der Waals surface area contributed by atoms with E-state index in [1.165, 1.54) is 25.3 Å². The molecule has 0 heterocycles. The van der Waals surface area contributed by atoms with Gasteiger partial charge in [0.2, 0.25) is 0 Å². The quantitative estimate of drug-likeness (QED) is 0.455. The predicted molar refractivity (Wildman–Crippen MR) is 94.7 cm³/mol. The van der Waals surface area contributed by atoms with Crippen LogP contribution in [0.5, 0.6) is 5.75 Å². The molecule has 1 amide bonds. The van der Waals surface area contributed by atoms with Gasteiger partial charge >= 0.3 is 11.7 Å². The Morgan fingerprint density at radius 3 is 2.63 bits per heavy atom. The van der Waals surface area contributed by atoms with Gasteiger partial charge in [-0.15, -0.1) is 0 Å². The van der Waals surface area contributed by atoms with Gasteiger partial charge in [-0.2, -0.15) is 0 Å². The van der Waals surface area contributed by atoms with Crippen LogP contribution in [-0.4, -0.2) is 30.5 Å². The van der Waals surface area contributed by atoms with Crippen molar-refractivity contribution in [2.45, 2.75) is 6.92 Å². The monoisotopic (exact) mass is 396 g/mol. The number of halogens is 2. The topological polar surface area (TPSA) is 108 Å². The van der Waals surface area contributed by atoms with Gasteiger partial charge in [-0.3, -0.25) is 14.9 Å². The summed E-state index contributed by atoms with van der Waals surface area (Å²) in [7, 11) is 1.25. The Labute approximate surface area is 158 Å². The number of aryl methyl sites for hydroxylation is 1. The minimum absolute atomic E-state index is 0.0427. The molecule has 0 atom stereocenters. The summed E-state index contributed by atoms with van der Waals surface area (Å²) in [4.78, 5) is 34.2. The number of nitro groups is 1. The van der Waals surface area contributed by atoms with Gasteiger partial charge in [0.05, 0.1) is 17.6 Å². The van der Waals surface area contributed by atoms with Crippen LogP contribution < -0.4 is 10.1 Å². The maximum absolute atomic E-state index is 13.6. The molecule has 10 heteroatoms. The largest absolute Gasteiger partial charge is 0.490 e. The zero-order valence-corrected chi connectivity index (χ0v) is 15.0. The second kappa shape index (κ2) is 8.45. The molecule has 2 aromatic rings. The molecule has 2 rings (SSSR count). The summed E-state index contributed by atoms with van der Waals surface area (Å²) in [5, 5.41) is 13.6. The first-order valence-electron chi connectivity index (χ1n) is 7.48. The van der Waals surface area contributed by atoms with Crippen molar-refractivity contribution in [1.29, 1.82) is 0 Å². The Bertz CT molecular complexity index is 919. The number of nitrogens with zero attached hydrogens (tertiary/aromatic N) is 1. The van der Waals surface area contributed by atoms with E-state index in [-0.39, 0.29) is 22.1 Å². The Balaban J connectivity index is 2.06. The zero-order chi connectivity index (χ0) is 20.1. The van der Waals surface area contributed by atoms with E-state index in [0.717, 1.165) is 12.1 Å². The van der Waals surface area contributed by atoms with Crippen LogP contribution in [0.2, 0.25) is 5.02 Å². The number of rotatable bonds is 6. The van der Waals surface area contributed by atoms with Crippen LogP contribution in [0, 0.1) is 22.9 Å². The molecule has 0 aromatic heterocycles. The molecule has 0 unspecified atom stereocenters. The van der Waals surface area contributed by atoms with Gasteiger partial charge in [0.25, 0.3) is 5.91 Å². The van der Waals surface area contributed by atoms with Crippen molar-refractivity contribution in [1.82, 2.24) is 0 Å². The van der Waals surface area contributed by atoms with Crippen LogP contribution in [0.3, 0.4) is 0 Å². The molecule has 0 spiro atoms. The number of nitrogens with one attached hydrogen (secondary N) is 1. The standard InChI is InChI=1S/C17H14ClFN2O6/c1-9-5-14(21(24)25)15(26-2)7-13(9)20-16(22)8-27-17(23)11-6-10(18)3-4-12(11)19/h3-7H,8H2,1-2H3,(H,20,22). The summed E-state index contributed by atoms with van der Waals surface area (Å²) in [6.45, 7) is 0.860. The third-order valence-electron chi connectivity index (χ3n) is 3.48. The van der Waals surface area contributed by atoms with Crippen LogP contribution in [0.25, 0.3) is 0 Å². The Kier molecular flexibility index (Phi) is 6.30. The van der Waals surface area contributed by atoms with E-state index in [0.29, 0.717) is 5.56 Å². The predicted octanol–water partition coefficient (Wildman–Crippen LogP) is 3.50. The van der Waals surface area contributed by atoms with Crippen LogP contribution in [0.4, 0.5) is 15.8 Å². The van der Waals surface area contributed by atoms with E-state index >= 15 is 0 Å². The van der Waals surface area contributed by atoms with E-state index in [9.17, 15) is 24.1 Å². The first-order valence-corrected chi connectivity index (χ1v) is 7.85. The number of benzene rings is 2. The first-order chi connectivity index (χ1) is 12.7. The van der Waals surface area contributed by atoms with E-state index in [1.807, 2.05) is 0 Å². The second-order valence-corrected chi connectivity index (χ2v) is 5.78. The van der Waals surface area contributed by atoms with Gasteiger partial charge in [-0.1, -0.05) is 11.6 Å². The van der Waals surface area contributed by atoms with Gasteiger partial charge in [0.15, 0.2) is 12.4 Å². The lowest BCUT2D eigenvalue weighted by atomic mass is 10.1. The van der Waals surface area contributed by atoms with E-state index in [4.69, 9.17) is 21.1 Å². The minimum Gasteiger partial charge on any atom is -0.490 e. The van der Waals surface area contributed by atoms with Gasteiger partial charge in [-0.25, -0.2) is 9.18 Å². The van der Waals surface area contributed by atoms with E-state index in [1.54, 1.807) is 6.92 Å². The van der Waals surface area contributed by atoms with E-state index in [2.05, 4.69) is 5.32 Å². The Morgan fingerprint density at radius 2 is 2.00 bits per heavy atom. The normalized spacial score (nSPS) is 10.2. The number of hydrogen-bond donors (Lipinski definition) is 1. The van der Waals surface area contributed by atoms with Crippen molar-refractivity contribution in [3.05, 3.63) is 62.4 Å². The number of carbonyl (C=O) groups is 2. The number of anilines is 1. The molecule has 0 aliphatic rings. The maximum atomic E-state index is 13.6. The highest BCUT2D eigenvalue weighted by Gasteiger charge is 2.19. The molecule has 0 fully saturated rings. The van der Waals surface area contributed by atoms with Crippen LogP contribution >= 0.6 is 11.6 Å². The van der Waals surface area contributed by atoms with Crippen LogP contribution in [0.1, 0.15) is 15.9 Å². The number of carbonyl (C=O) groups excluding carboxylic acids is 2. The molecule has 27 heavy (non-hydrogen) atoms. The molecule has 142 valence electrons. The highest BCUT2D eigenvalue weighted by atomic mass is 35.5. The fourth-order valence-corrected chi connectivity index (χ4v) is 2.33. The number of hydrogen-bond acceptors (Lipinski definition) is 6. The van der Waals surface area contributed by atoms with Crippen molar-refractivity contribution in [2.75, 3.05) is 19.0 Å². The van der Waals surface area contributed by atoms with Gasteiger partial charge in [-0.05, 0) is 30.7 Å². The smallest absolute Gasteiger partial charge is 0.341 e. The fourth-order valence-electron chi connectivity index (χ4n) is 2.16. The van der Waals surface area contributed by atoms with Crippen LogP contribution in [0.15, 0.2) is 30.3 Å². The SMILES string of the molecule is COc1cc(NC(=O)COC(=O)c2cc(Cl)ccc2F)c(C)cc1[N+](=O)[O-]. The van der Waals surface area contributed by atoms with Crippen molar-refractivity contribution >= 4 is 34.9 Å². The molecular weight excluding hydrogens is 383 g/mol. The average molecular weight is 397 g/mol. The molecule has 0 saturated heterocycles. The summed E-state index contributed by atoms with van der Waals surface area (Å²) >= 11 is 5.70. The highest BCUT2D eigenvalue weighted by molar-refractivity contribution is 6.30. The lowest BCUT2D eigenvalue weighted by Gasteiger charge is -2.11. The van der Waals surface area contributed by atoms with Gasteiger partial charge < -0.3 is 14.8 Å². The number of esters is 1. The number of methoxy groups -OCH3 is 1. The third-order valence-corrected chi connectivity index (χ3v) is 3.71. The molecular formula is C17H14ClFN2O6. The number of amides is 1.